The Morgan fingerprint density at radius 2 is 2.00 bits per heavy atom. The summed E-state index contributed by atoms with van der Waals surface area (Å²) in [7, 11) is 1.64. The van der Waals surface area contributed by atoms with E-state index in [2.05, 4.69) is 15.0 Å². The Hall–Kier alpha value is -3.81. The molecule has 2 atom stereocenters. The Bertz CT molecular complexity index is 1250. The van der Waals surface area contributed by atoms with Gasteiger partial charge in [0.1, 0.15) is 17.7 Å². The van der Waals surface area contributed by atoms with E-state index >= 15 is 0 Å². The maximum Gasteiger partial charge on any atom is 0.234 e. The van der Waals surface area contributed by atoms with Gasteiger partial charge >= 0.3 is 0 Å². The molecule has 0 spiro atoms. The summed E-state index contributed by atoms with van der Waals surface area (Å²) < 4.78 is 27.2. The molecule has 1 saturated heterocycles. The lowest BCUT2D eigenvalue weighted by molar-refractivity contribution is -0.104. The van der Waals surface area contributed by atoms with E-state index in [1.807, 2.05) is 55.8 Å². The molecule has 8 heteroatoms. The van der Waals surface area contributed by atoms with Crippen LogP contribution in [-0.2, 0) is 15.3 Å². The van der Waals surface area contributed by atoms with Crippen LogP contribution in [0.2, 0.25) is 0 Å². The fourth-order valence-electron chi connectivity index (χ4n) is 4.20. The van der Waals surface area contributed by atoms with Gasteiger partial charge in [-0.3, -0.25) is 0 Å². The van der Waals surface area contributed by atoms with Crippen molar-refractivity contribution in [1.82, 2.24) is 14.5 Å². The number of oxime groups is 1. The van der Waals surface area contributed by atoms with Crippen molar-refractivity contribution in [2.24, 2.45) is 5.16 Å². The van der Waals surface area contributed by atoms with Gasteiger partial charge in [0.2, 0.25) is 11.6 Å². The number of halogens is 1. The van der Waals surface area contributed by atoms with Gasteiger partial charge in [-0.25, -0.2) is 9.37 Å². The van der Waals surface area contributed by atoms with Crippen LogP contribution in [0.3, 0.4) is 0 Å². The molecule has 0 radical (unpaired) electrons. The number of rotatable bonds is 4. The zero-order chi connectivity index (χ0) is 23.2. The van der Waals surface area contributed by atoms with E-state index in [1.165, 1.54) is 12.1 Å². The average Bonchev–Trinajstić information content (AvgIpc) is 3.38. The second-order valence-electron chi connectivity index (χ2n) is 8.40. The molecule has 1 aromatic heterocycles. The lowest BCUT2D eigenvalue weighted by Crippen LogP contribution is -2.51. The maximum atomic E-state index is 13.5. The first-order valence-electron chi connectivity index (χ1n) is 10.7. The van der Waals surface area contributed by atoms with Crippen molar-refractivity contribution in [3.8, 4) is 11.4 Å². The number of nitrogens with zero attached hydrogens (tertiary/aromatic N) is 4. The molecule has 2 aromatic carbocycles. The highest BCUT2D eigenvalue weighted by Crippen LogP contribution is 2.39. The number of hydrogen-bond acceptors (Lipinski definition) is 6. The van der Waals surface area contributed by atoms with E-state index in [0.717, 1.165) is 22.5 Å². The summed E-state index contributed by atoms with van der Waals surface area (Å²) in [5.74, 6) is 1.63. The zero-order valence-electron chi connectivity index (χ0n) is 18.9. The molecule has 3 aromatic rings. The number of hydrogen-bond donors (Lipinski definition) is 0. The lowest BCUT2D eigenvalue weighted by Gasteiger charge is -2.39. The van der Waals surface area contributed by atoms with Crippen LogP contribution in [0.1, 0.15) is 30.7 Å². The summed E-state index contributed by atoms with van der Waals surface area (Å²) >= 11 is 0. The van der Waals surface area contributed by atoms with Crippen molar-refractivity contribution in [2.45, 2.75) is 32.6 Å². The number of methoxy groups -OCH3 is 1. The van der Waals surface area contributed by atoms with Crippen LogP contribution in [0.5, 0.6) is 5.75 Å². The minimum Gasteiger partial charge on any atom is -0.495 e. The summed E-state index contributed by atoms with van der Waals surface area (Å²) in [6.45, 7) is 6.46. The molecule has 5 rings (SSSR count). The largest absolute Gasteiger partial charge is 0.495 e. The SMILES string of the molecule is COc1cc(C=C2O[C@@H](C)CN3C2=NOC3(C)c2ccc(F)cc2)ccc1-n1cnc(C)c1. The third-order valence-corrected chi connectivity index (χ3v) is 5.94. The molecule has 7 nitrogen and oxygen atoms in total. The summed E-state index contributed by atoms with van der Waals surface area (Å²) in [6.07, 6.45) is 5.54. The number of aryl methyl sites for hydroxylation is 1. The normalized spacial score (nSPS) is 23.1. The molecule has 1 unspecified atom stereocenters. The predicted octanol–water partition coefficient (Wildman–Crippen LogP) is 4.61. The van der Waals surface area contributed by atoms with E-state index in [9.17, 15) is 4.39 Å². The minimum atomic E-state index is -0.846. The molecular formula is C25H25FN4O3. The molecule has 0 bridgehead atoms. The number of imidazole rings is 1. The van der Waals surface area contributed by atoms with Crippen LogP contribution in [0.15, 0.2) is 65.9 Å². The first-order chi connectivity index (χ1) is 15.9. The van der Waals surface area contributed by atoms with Crippen molar-refractivity contribution in [1.29, 1.82) is 0 Å². The van der Waals surface area contributed by atoms with Crippen molar-refractivity contribution < 1.29 is 18.7 Å². The van der Waals surface area contributed by atoms with Crippen molar-refractivity contribution in [3.63, 3.8) is 0 Å². The van der Waals surface area contributed by atoms with E-state index in [0.29, 0.717) is 23.9 Å². The van der Waals surface area contributed by atoms with Gasteiger partial charge in [-0.2, -0.15) is 0 Å². The number of ether oxygens (including phenoxy) is 2. The molecule has 3 heterocycles. The molecule has 2 aliphatic heterocycles. The van der Waals surface area contributed by atoms with Crippen LogP contribution in [0, 0.1) is 12.7 Å². The first-order valence-corrected chi connectivity index (χ1v) is 10.7. The summed E-state index contributed by atoms with van der Waals surface area (Å²) in [4.78, 5) is 12.2. The number of fused-ring (bicyclic) bond motifs is 1. The fourth-order valence-corrected chi connectivity index (χ4v) is 4.20. The van der Waals surface area contributed by atoms with Crippen LogP contribution >= 0.6 is 0 Å². The molecule has 33 heavy (non-hydrogen) atoms. The van der Waals surface area contributed by atoms with Crippen molar-refractivity contribution in [2.75, 3.05) is 13.7 Å². The topological polar surface area (TPSA) is 61.1 Å². The van der Waals surface area contributed by atoms with E-state index in [-0.39, 0.29) is 11.9 Å². The van der Waals surface area contributed by atoms with Crippen LogP contribution < -0.4 is 4.74 Å². The molecule has 1 fully saturated rings. The quantitative estimate of drug-likeness (QED) is 0.584. The molecule has 0 aliphatic carbocycles. The third-order valence-electron chi connectivity index (χ3n) is 5.94. The Morgan fingerprint density at radius 3 is 2.70 bits per heavy atom. The molecular weight excluding hydrogens is 423 g/mol. The van der Waals surface area contributed by atoms with E-state index in [1.54, 1.807) is 25.6 Å². The molecule has 0 amide bonds. The summed E-state index contributed by atoms with van der Waals surface area (Å²) in [5, 5.41) is 4.34. The predicted molar refractivity (Wildman–Crippen MR) is 122 cm³/mol. The van der Waals surface area contributed by atoms with Gasteiger partial charge in [-0.05, 0) is 49.8 Å². The summed E-state index contributed by atoms with van der Waals surface area (Å²) in [5.41, 5.74) is 2.69. The van der Waals surface area contributed by atoms with Gasteiger partial charge in [0.15, 0.2) is 5.76 Å². The first kappa shape index (κ1) is 21.1. The maximum absolute atomic E-state index is 13.5. The Morgan fingerprint density at radius 1 is 1.21 bits per heavy atom. The smallest absolute Gasteiger partial charge is 0.234 e. The Labute approximate surface area is 191 Å². The minimum absolute atomic E-state index is 0.0910. The zero-order valence-corrected chi connectivity index (χ0v) is 18.9. The molecule has 170 valence electrons. The van der Waals surface area contributed by atoms with Gasteiger partial charge in [-0.1, -0.05) is 23.4 Å². The van der Waals surface area contributed by atoms with Gasteiger partial charge in [-0.15, -0.1) is 0 Å². The second-order valence-corrected chi connectivity index (χ2v) is 8.40. The van der Waals surface area contributed by atoms with Crippen molar-refractivity contribution in [3.05, 3.63) is 83.4 Å². The Kier molecular flexibility index (Phi) is 5.08. The average molecular weight is 448 g/mol. The monoisotopic (exact) mass is 448 g/mol. The van der Waals surface area contributed by atoms with Gasteiger partial charge < -0.3 is 23.8 Å². The number of amidine groups is 1. The number of benzene rings is 2. The molecule has 0 N–H and O–H groups in total. The van der Waals surface area contributed by atoms with Gasteiger partial charge in [0.25, 0.3) is 0 Å². The van der Waals surface area contributed by atoms with Gasteiger partial charge in [0, 0.05) is 18.7 Å². The highest BCUT2D eigenvalue weighted by atomic mass is 19.1. The van der Waals surface area contributed by atoms with Gasteiger partial charge in [0.05, 0.1) is 31.4 Å². The molecule has 0 saturated carbocycles. The van der Waals surface area contributed by atoms with Crippen LogP contribution in [0.25, 0.3) is 11.8 Å². The van der Waals surface area contributed by atoms with Crippen molar-refractivity contribution >= 4 is 11.9 Å². The fraction of sp³-hybridized carbons (Fsp3) is 0.280. The lowest BCUT2D eigenvalue weighted by atomic mass is 10.0. The highest BCUT2D eigenvalue weighted by molar-refractivity contribution is 6.01. The summed E-state index contributed by atoms with van der Waals surface area (Å²) in [6, 6.07) is 12.2. The number of morpholine rings is 1. The molecule has 2 aliphatic rings. The van der Waals surface area contributed by atoms with Crippen LogP contribution in [0.4, 0.5) is 4.39 Å². The number of aromatic nitrogens is 2. The second kappa shape index (κ2) is 7.95. The third kappa shape index (κ3) is 3.71. The van der Waals surface area contributed by atoms with Crippen LogP contribution in [-0.4, -0.2) is 40.0 Å². The Balaban J connectivity index is 1.48. The van der Waals surface area contributed by atoms with E-state index in [4.69, 9.17) is 14.3 Å². The standard InChI is InChI=1S/C25H25FN4O3/c1-16-13-29(15-27-16)21-10-5-18(11-22(21)31-4)12-23-24-28-33-25(3,30(24)14-17(2)32-23)19-6-8-20(26)9-7-19/h5-13,15,17H,14H2,1-4H3/t17-,25?/m0/s1. The highest BCUT2D eigenvalue weighted by Gasteiger charge is 2.48. The van der Waals surface area contributed by atoms with E-state index < -0.39 is 5.72 Å².